The molecule has 1 aliphatic rings. The normalized spacial score (nSPS) is 14.4. The van der Waals surface area contributed by atoms with Crippen LogP contribution >= 0.6 is 11.3 Å². The molecule has 8 heteroatoms. The third-order valence-corrected chi connectivity index (χ3v) is 3.89. The van der Waals surface area contributed by atoms with E-state index in [1.54, 1.807) is 4.90 Å². The third kappa shape index (κ3) is 4.07. The highest BCUT2D eigenvalue weighted by atomic mass is 32.1. The summed E-state index contributed by atoms with van der Waals surface area (Å²) in [5, 5.41) is 6.01. The Labute approximate surface area is 127 Å². The first kappa shape index (κ1) is 15.6. The lowest BCUT2D eigenvalue weighted by Crippen LogP contribution is -2.49. The SMILES string of the molecule is COC(=O)Nc1nc2c(s1)CN(C(=O)NC(C)(C)C)CC2. The Bertz CT molecular complexity index is 550. The molecule has 0 spiro atoms. The van der Waals surface area contributed by atoms with Crippen molar-refractivity contribution in [2.45, 2.75) is 39.3 Å². The number of carbonyl (C=O) groups is 2. The van der Waals surface area contributed by atoms with Crippen molar-refractivity contribution in [1.29, 1.82) is 0 Å². The first-order valence-electron chi connectivity index (χ1n) is 6.69. The van der Waals surface area contributed by atoms with Crippen molar-refractivity contribution in [3.05, 3.63) is 10.6 Å². The van der Waals surface area contributed by atoms with Crippen LogP contribution in [0.1, 0.15) is 31.3 Å². The van der Waals surface area contributed by atoms with E-state index in [-0.39, 0.29) is 11.6 Å². The number of urea groups is 1. The molecule has 1 aromatic heterocycles. The number of nitrogens with zero attached hydrogens (tertiary/aromatic N) is 2. The average molecular weight is 312 g/mol. The lowest BCUT2D eigenvalue weighted by Gasteiger charge is -2.30. The topological polar surface area (TPSA) is 83.6 Å². The van der Waals surface area contributed by atoms with Crippen LogP contribution in [0.2, 0.25) is 0 Å². The van der Waals surface area contributed by atoms with E-state index in [2.05, 4.69) is 20.4 Å². The van der Waals surface area contributed by atoms with Crippen LogP contribution in [0.5, 0.6) is 0 Å². The Morgan fingerprint density at radius 2 is 2.10 bits per heavy atom. The molecule has 2 N–H and O–H groups in total. The minimum absolute atomic E-state index is 0.0796. The minimum atomic E-state index is -0.538. The Hall–Kier alpha value is -1.83. The molecule has 21 heavy (non-hydrogen) atoms. The fourth-order valence-corrected chi connectivity index (χ4v) is 2.97. The van der Waals surface area contributed by atoms with Gasteiger partial charge in [0.05, 0.1) is 19.3 Å². The lowest BCUT2D eigenvalue weighted by atomic mass is 10.1. The molecule has 0 saturated carbocycles. The van der Waals surface area contributed by atoms with Gasteiger partial charge in [0.25, 0.3) is 0 Å². The molecule has 3 amide bonds. The van der Waals surface area contributed by atoms with E-state index < -0.39 is 6.09 Å². The number of ether oxygens (including phenoxy) is 1. The molecule has 0 saturated heterocycles. The van der Waals surface area contributed by atoms with Gasteiger partial charge < -0.3 is 15.0 Å². The van der Waals surface area contributed by atoms with Crippen LogP contribution in [0.15, 0.2) is 0 Å². The number of methoxy groups -OCH3 is 1. The van der Waals surface area contributed by atoms with Gasteiger partial charge in [-0.2, -0.15) is 0 Å². The van der Waals surface area contributed by atoms with Crippen molar-refractivity contribution < 1.29 is 14.3 Å². The maximum absolute atomic E-state index is 12.2. The van der Waals surface area contributed by atoms with Gasteiger partial charge in [-0.1, -0.05) is 11.3 Å². The number of amides is 3. The van der Waals surface area contributed by atoms with Crippen LogP contribution in [-0.2, 0) is 17.7 Å². The maximum Gasteiger partial charge on any atom is 0.413 e. The predicted octanol–water partition coefficient (Wildman–Crippen LogP) is 2.19. The van der Waals surface area contributed by atoms with E-state index in [4.69, 9.17) is 0 Å². The first-order chi connectivity index (χ1) is 9.78. The first-order valence-corrected chi connectivity index (χ1v) is 7.51. The van der Waals surface area contributed by atoms with Gasteiger partial charge in [-0.05, 0) is 20.8 Å². The number of fused-ring (bicyclic) bond motifs is 1. The Morgan fingerprint density at radius 3 is 2.71 bits per heavy atom. The van der Waals surface area contributed by atoms with Crippen molar-refractivity contribution in [3.8, 4) is 0 Å². The molecule has 116 valence electrons. The lowest BCUT2D eigenvalue weighted by molar-refractivity contribution is 0.183. The van der Waals surface area contributed by atoms with Crippen LogP contribution in [0, 0.1) is 0 Å². The van der Waals surface area contributed by atoms with Crippen LogP contribution in [0.4, 0.5) is 14.7 Å². The van der Waals surface area contributed by atoms with E-state index >= 15 is 0 Å². The Kier molecular flexibility index (Phi) is 4.36. The van der Waals surface area contributed by atoms with E-state index in [0.717, 1.165) is 10.6 Å². The number of thiazole rings is 1. The number of nitrogens with one attached hydrogen (secondary N) is 2. The van der Waals surface area contributed by atoms with Gasteiger partial charge in [0.2, 0.25) is 0 Å². The summed E-state index contributed by atoms with van der Waals surface area (Å²) in [5.74, 6) is 0. The second-order valence-corrected chi connectivity index (χ2v) is 6.94. The van der Waals surface area contributed by atoms with Gasteiger partial charge in [0.15, 0.2) is 5.13 Å². The molecule has 0 aromatic carbocycles. The Balaban J connectivity index is 2.03. The summed E-state index contributed by atoms with van der Waals surface area (Å²) in [4.78, 5) is 30.5. The zero-order valence-corrected chi connectivity index (χ0v) is 13.5. The summed E-state index contributed by atoms with van der Waals surface area (Å²) in [6, 6.07) is -0.0796. The third-order valence-electron chi connectivity index (χ3n) is 2.89. The molecule has 2 rings (SSSR count). The smallest absolute Gasteiger partial charge is 0.413 e. The fraction of sp³-hybridized carbons (Fsp3) is 0.615. The van der Waals surface area contributed by atoms with Gasteiger partial charge in [-0.3, -0.25) is 5.32 Å². The highest BCUT2D eigenvalue weighted by Gasteiger charge is 2.26. The molecule has 0 fully saturated rings. The molecule has 1 aliphatic heterocycles. The number of rotatable bonds is 1. The molecular formula is C13H20N4O3S. The maximum atomic E-state index is 12.2. The van der Waals surface area contributed by atoms with Gasteiger partial charge in [0, 0.05) is 23.4 Å². The van der Waals surface area contributed by atoms with Gasteiger partial charge >= 0.3 is 12.1 Å². The van der Waals surface area contributed by atoms with Crippen molar-refractivity contribution in [2.24, 2.45) is 0 Å². The molecule has 7 nitrogen and oxygen atoms in total. The summed E-state index contributed by atoms with van der Waals surface area (Å²) >= 11 is 1.37. The molecule has 0 atom stereocenters. The highest BCUT2D eigenvalue weighted by molar-refractivity contribution is 7.15. The standard InChI is InChI=1S/C13H20N4O3S/c1-13(2,3)16-11(18)17-6-5-8-9(7-17)21-10(14-8)15-12(19)20-4/h5-7H2,1-4H3,(H,16,18)(H,14,15,19). The monoisotopic (exact) mass is 312 g/mol. The zero-order chi connectivity index (χ0) is 15.6. The summed E-state index contributed by atoms with van der Waals surface area (Å²) in [6.45, 7) is 6.98. The molecular weight excluding hydrogens is 292 g/mol. The minimum Gasteiger partial charge on any atom is -0.453 e. The van der Waals surface area contributed by atoms with Crippen LogP contribution in [0.25, 0.3) is 0 Å². The van der Waals surface area contributed by atoms with Crippen molar-refractivity contribution >= 4 is 28.6 Å². The molecule has 0 unspecified atom stereocenters. The Morgan fingerprint density at radius 1 is 1.38 bits per heavy atom. The molecule has 0 aliphatic carbocycles. The number of hydrogen-bond acceptors (Lipinski definition) is 5. The summed E-state index contributed by atoms with van der Waals surface area (Å²) in [6.07, 6.45) is 0.148. The van der Waals surface area contributed by atoms with E-state index in [9.17, 15) is 9.59 Å². The van der Waals surface area contributed by atoms with Crippen molar-refractivity contribution in [3.63, 3.8) is 0 Å². The van der Waals surface area contributed by atoms with Crippen LogP contribution < -0.4 is 10.6 Å². The quantitative estimate of drug-likeness (QED) is 0.832. The number of aromatic nitrogens is 1. The predicted molar refractivity (Wildman–Crippen MR) is 80.5 cm³/mol. The molecule has 2 heterocycles. The van der Waals surface area contributed by atoms with E-state index in [1.165, 1.54) is 18.4 Å². The summed E-state index contributed by atoms with van der Waals surface area (Å²) < 4.78 is 4.54. The summed E-state index contributed by atoms with van der Waals surface area (Å²) in [5.41, 5.74) is 0.675. The average Bonchev–Trinajstić information content (AvgIpc) is 2.77. The van der Waals surface area contributed by atoms with Gasteiger partial charge in [-0.15, -0.1) is 0 Å². The van der Waals surface area contributed by atoms with Crippen molar-refractivity contribution in [1.82, 2.24) is 15.2 Å². The number of hydrogen-bond donors (Lipinski definition) is 2. The zero-order valence-electron chi connectivity index (χ0n) is 12.6. The fourth-order valence-electron chi connectivity index (χ4n) is 1.96. The molecule has 0 bridgehead atoms. The number of carbonyl (C=O) groups excluding carboxylic acids is 2. The van der Waals surface area contributed by atoms with E-state index in [1.807, 2.05) is 20.8 Å². The molecule has 1 aromatic rings. The second kappa shape index (κ2) is 5.88. The van der Waals surface area contributed by atoms with E-state index in [0.29, 0.717) is 24.6 Å². The second-order valence-electron chi connectivity index (χ2n) is 5.86. The molecule has 0 radical (unpaired) electrons. The van der Waals surface area contributed by atoms with Crippen LogP contribution in [0.3, 0.4) is 0 Å². The summed E-state index contributed by atoms with van der Waals surface area (Å²) in [7, 11) is 1.31. The van der Waals surface area contributed by atoms with Crippen molar-refractivity contribution in [2.75, 3.05) is 19.0 Å². The van der Waals surface area contributed by atoms with Gasteiger partial charge in [0.1, 0.15) is 0 Å². The highest BCUT2D eigenvalue weighted by Crippen LogP contribution is 2.28. The largest absolute Gasteiger partial charge is 0.453 e. The van der Waals surface area contributed by atoms with Gasteiger partial charge in [-0.25, -0.2) is 14.6 Å². The number of anilines is 1. The van der Waals surface area contributed by atoms with Crippen LogP contribution in [-0.4, -0.2) is 41.2 Å².